The van der Waals surface area contributed by atoms with Crippen LogP contribution in [-0.2, 0) is 4.79 Å². The number of para-hydroxylation sites is 3. The fraction of sp³-hybridized carbons (Fsp3) is 0.192. The Labute approximate surface area is 200 Å². The first-order chi connectivity index (χ1) is 16.7. The molecule has 0 bridgehead atoms. The summed E-state index contributed by atoms with van der Waals surface area (Å²) in [4.78, 5) is 26.9. The Morgan fingerprint density at radius 3 is 2.35 bits per heavy atom. The second-order valence-corrected chi connectivity index (χ2v) is 9.25. The predicted octanol–water partition coefficient (Wildman–Crippen LogP) is 4.62. The van der Waals surface area contributed by atoms with Crippen LogP contribution in [0.25, 0.3) is 27.6 Å². The molecule has 0 aliphatic carbocycles. The Kier molecular flexibility index (Phi) is 5.30. The molecule has 1 aliphatic rings. The molecule has 2 aromatic heterocycles. The molecule has 34 heavy (non-hydrogen) atoms. The quantitative estimate of drug-likeness (QED) is 0.283. The van der Waals surface area contributed by atoms with Gasteiger partial charge in [0, 0.05) is 37.3 Å². The molecule has 1 saturated heterocycles. The molecule has 170 valence electrons. The Balaban J connectivity index is 1.22. The largest absolute Gasteiger partial charge is 0.368 e. The summed E-state index contributed by atoms with van der Waals surface area (Å²) in [5.74, 6) is 0.164. The number of amides is 1. The number of anilines is 1. The normalized spacial score (nSPS) is 14.4. The predicted molar refractivity (Wildman–Crippen MR) is 134 cm³/mol. The molecule has 3 aromatic carbocycles. The maximum atomic E-state index is 13.2. The van der Waals surface area contributed by atoms with E-state index in [1.165, 1.54) is 23.9 Å². The third-order valence-corrected chi connectivity index (χ3v) is 7.19. The Morgan fingerprint density at radius 2 is 1.56 bits per heavy atom. The maximum absolute atomic E-state index is 13.2. The van der Waals surface area contributed by atoms with Crippen LogP contribution in [-0.4, -0.2) is 57.1 Å². The highest BCUT2D eigenvalue weighted by Crippen LogP contribution is 2.29. The monoisotopic (exact) mass is 471 g/mol. The molecule has 0 radical (unpaired) electrons. The van der Waals surface area contributed by atoms with E-state index in [9.17, 15) is 9.18 Å². The molecular weight excluding hydrogens is 449 g/mol. The lowest BCUT2D eigenvalue weighted by atomic mass is 10.2. The standard InChI is InChI=1S/C26H22FN5OS/c27-18-9-11-19(12-10-18)30-13-15-31(16-14-30)24(33)17-34-26-29-21-6-2-1-5-20(21)25-28-22-7-3-4-8-23(22)32(25)26/h1-12H,13-17H2. The van der Waals surface area contributed by atoms with Gasteiger partial charge in [-0.15, -0.1) is 0 Å². The van der Waals surface area contributed by atoms with E-state index < -0.39 is 0 Å². The molecule has 0 saturated carbocycles. The van der Waals surface area contributed by atoms with Crippen molar-refractivity contribution in [3.05, 3.63) is 78.6 Å². The number of halogens is 1. The summed E-state index contributed by atoms with van der Waals surface area (Å²) >= 11 is 1.45. The van der Waals surface area contributed by atoms with Crippen LogP contribution >= 0.6 is 11.8 Å². The summed E-state index contributed by atoms with van der Waals surface area (Å²) in [5.41, 5.74) is 4.60. The van der Waals surface area contributed by atoms with Crippen LogP contribution in [0.15, 0.2) is 78.0 Å². The van der Waals surface area contributed by atoms with Crippen LogP contribution in [0.2, 0.25) is 0 Å². The first-order valence-electron chi connectivity index (χ1n) is 11.2. The average molecular weight is 472 g/mol. The second-order valence-electron chi connectivity index (χ2n) is 8.30. The minimum Gasteiger partial charge on any atom is -0.368 e. The number of hydrogen-bond donors (Lipinski definition) is 0. The van der Waals surface area contributed by atoms with Crippen LogP contribution in [0.1, 0.15) is 0 Å². The molecule has 0 N–H and O–H groups in total. The van der Waals surface area contributed by atoms with Gasteiger partial charge in [0.05, 0.1) is 22.3 Å². The zero-order valence-electron chi connectivity index (χ0n) is 18.4. The van der Waals surface area contributed by atoms with Gasteiger partial charge in [-0.25, -0.2) is 14.4 Å². The molecule has 0 atom stereocenters. The number of piperazine rings is 1. The lowest BCUT2D eigenvalue weighted by Gasteiger charge is -2.36. The van der Waals surface area contributed by atoms with Crippen LogP contribution in [0.3, 0.4) is 0 Å². The van der Waals surface area contributed by atoms with Crippen molar-refractivity contribution in [1.82, 2.24) is 19.3 Å². The summed E-state index contributed by atoms with van der Waals surface area (Å²) < 4.78 is 15.3. The molecule has 1 fully saturated rings. The van der Waals surface area contributed by atoms with Gasteiger partial charge in [-0.2, -0.15) is 0 Å². The van der Waals surface area contributed by atoms with Gasteiger partial charge >= 0.3 is 0 Å². The third kappa shape index (κ3) is 3.74. The van der Waals surface area contributed by atoms with Gasteiger partial charge in [0.15, 0.2) is 5.16 Å². The lowest BCUT2D eigenvalue weighted by Crippen LogP contribution is -2.49. The van der Waals surface area contributed by atoms with E-state index >= 15 is 0 Å². The first-order valence-corrected chi connectivity index (χ1v) is 12.2. The highest BCUT2D eigenvalue weighted by Gasteiger charge is 2.22. The van der Waals surface area contributed by atoms with Crippen LogP contribution < -0.4 is 4.90 Å². The van der Waals surface area contributed by atoms with Gasteiger partial charge in [-0.1, -0.05) is 36.0 Å². The van der Waals surface area contributed by atoms with Crippen molar-refractivity contribution in [2.45, 2.75) is 5.16 Å². The second kappa shape index (κ2) is 8.61. The number of imidazole rings is 1. The van der Waals surface area contributed by atoms with Gasteiger partial charge in [-0.3, -0.25) is 9.20 Å². The average Bonchev–Trinajstić information content (AvgIpc) is 3.28. The van der Waals surface area contributed by atoms with Crippen molar-refractivity contribution in [3.63, 3.8) is 0 Å². The number of aromatic nitrogens is 3. The SMILES string of the molecule is O=C(CSc1nc2ccccc2c2nc3ccccc3n12)N1CCN(c2ccc(F)cc2)CC1. The molecule has 5 aromatic rings. The molecule has 1 aliphatic heterocycles. The van der Waals surface area contributed by atoms with Gasteiger partial charge in [0.25, 0.3) is 0 Å². The van der Waals surface area contributed by atoms with Crippen molar-refractivity contribution in [3.8, 4) is 0 Å². The van der Waals surface area contributed by atoms with E-state index in [2.05, 4.69) is 9.30 Å². The van der Waals surface area contributed by atoms with E-state index in [0.29, 0.717) is 18.8 Å². The summed E-state index contributed by atoms with van der Waals surface area (Å²) in [6, 6.07) is 22.5. The Morgan fingerprint density at radius 1 is 0.853 bits per heavy atom. The molecule has 0 unspecified atom stereocenters. The van der Waals surface area contributed by atoms with Crippen molar-refractivity contribution < 1.29 is 9.18 Å². The summed E-state index contributed by atoms with van der Waals surface area (Å²) in [6.45, 7) is 2.75. The van der Waals surface area contributed by atoms with Crippen LogP contribution in [0.5, 0.6) is 0 Å². The molecule has 8 heteroatoms. The molecule has 3 heterocycles. The van der Waals surface area contributed by atoms with Gasteiger partial charge < -0.3 is 9.80 Å². The minimum absolute atomic E-state index is 0.0938. The van der Waals surface area contributed by atoms with Crippen LogP contribution in [0.4, 0.5) is 10.1 Å². The molecule has 1 amide bonds. The number of thioether (sulfide) groups is 1. The molecule has 0 spiro atoms. The zero-order valence-corrected chi connectivity index (χ0v) is 19.2. The van der Waals surface area contributed by atoms with E-state index in [1.54, 1.807) is 12.1 Å². The molecule has 6 rings (SSSR count). The fourth-order valence-corrected chi connectivity index (χ4v) is 5.41. The number of carbonyl (C=O) groups excluding carboxylic acids is 1. The fourth-order valence-electron chi connectivity index (χ4n) is 4.49. The number of carbonyl (C=O) groups is 1. The highest BCUT2D eigenvalue weighted by atomic mass is 32.2. The van der Waals surface area contributed by atoms with Crippen LogP contribution in [0, 0.1) is 5.82 Å². The molecule has 6 nitrogen and oxygen atoms in total. The van der Waals surface area contributed by atoms with Gasteiger partial charge in [0.2, 0.25) is 5.91 Å². The van der Waals surface area contributed by atoms with Crippen molar-refractivity contribution >= 4 is 50.9 Å². The maximum Gasteiger partial charge on any atom is 0.233 e. The number of hydrogen-bond acceptors (Lipinski definition) is 5. The van der Waals surface area contributed by atoms with Crippen molar-refractivity contribution in [2.24, 2.45) is 0 Å². The first kappa shape index (κ1) is 20.9. The topological polar surface area (TPSA) is 53.7 Å². The van der Waals surface area contributed by atoms with E-state index in [1.807, 2.05) is 53.4 Å². The Bertz CT molecular complexity index is 1510. The van der Waals surface area contributed by atoms with E-state index in [0.717, 1.165) is 51.5 Å². The van der Waals surface area contributed by atoms with E-state index in [4.69, 9.17) is 9.97 Å². The third-order valence-electron chi connectivity index (χ3n) is 6.26. The number of rotatable bonds is 4. The van der Waals surface area contributed by atoms with Gasteiger partial charge in [-0.05, 0) is 48.5 Å². The van der Waals surface area contributed by atoms with Gasteiger partial charge in [0.1, 0.15) is 11.5 Å². The van der Waals surface area contributed by atoms with Crippen molar-refractivity contribution in [2.75, 3.05) is 36.8 Å². The molecular formula is C26H22FN5OS. The number of fused-ring (bicyclic) bond motifs is 5. The lowest BCUT2D eigenvalue weighted by molar-refractivity contribution is -0.128. The summed E-state index contributed by atoms with van der Waals surface area (Å²) in [7, 11) is 0. The smallest absolute Gasteiger partial charge is 0.233 e. The zero-order chi connectivity index (χ0) is 23.1. The Hall–Kier alpha value is -3.65. The minimum atomic E-state index is -0.239. The van der Waals surface area contributed by atoms with E-state index in [-0.39, 0.29) is 11.7 Å². The summed E-state index contributed by atoms with van der Waals surface area (Å²) in [5, 5.41) is 1.76. The number of nitrogens with zero attached hydrogens (tertiary/aromatic N) is 5. The summed E-state index contributed by atoms with van der Waals surface area (Å²) in [6.07, 6.45) is 0. The van der Waals surface area contributed by atoms with Crippen molar-refractivity contribution in [1.29, 1.82) is 0 Å². The highest BCUT2D eigenvalue weighted by molar-refractivity contribution is 7.99. The number of benzene rings is 3.